The van der Waals surface area contributed by atoms with Gasteiger partial charge < -0.3 is 5.11 Å². The van der Waals surface area contributed by atoms with Crippen LogP contribution in [0.5, 0.6) is 0 Å². The third kappa shape index (κ3) is 5.19. The largest absolute Gasteiger partial charge is 0.395 e. The Labute approximate surface area is 113 Å². The lowest BCUT2D eigenvalue weighted by Crippen LogP contribution is -2.27. The van der Waals surface area contributed by atoms with Gasteiger partial charge in [-0.05, 0) is 19.0 Å². The molecule has 0 amide bonds. The second-order valence-corrected chi connectivity index (χ2v) is 4.24. The molecule has 1 N–H and O–H groups in total. The van der Waals surface area contributed by atoms with E-state index in [1.165, 1.54) is 6.07 Å². The molecule has 0 atom stereocenters. The van der Waals surface area contributed by atoms with E-state index in [4.69, 9.17) is 5.11 Å². The summed E-state index contributed by atoms with van der Waals surface area (Å²) in [6, 6.07) is 6.66. The molecule has 1 rings (SSSR count). The number of hydrogen-bond acceptors (Lipinski definition) is 4. The van der Waals surface area contributed by atoms with Crippen LogP contribution in [0.15, 0.2) is 30.3 Å². The van der Waals surface area contributed by atoms with Crippen LogP contribution < -0.4 is 0 Å². The van der Waals surface area contributed by atoms with Crippen molar-refractivity contribution in [2.24, 2.45) is 0 Å². The summed E-state index contributed by atoms with van der Waals surface area (Å²) in [5.41, 5.74) is 0.718. The van der Waals surface area contributed by atoms with Crippen LogP contribution in [0.4, 0.5) is 5.69 Å². The van der Waals surface area contributed by atoms with Gasteiger partial charge in [0.2, 0.25) is 0 Å². The highest BCUT2D eigenvalue weighted by Gasteiger charge is 2.09. The van der Waals surface area contributed by atoms with Gasteiger partial charge in [0.25, 0.3) is 5.69 Å². The molecule has 0 unspecified atom stereocenters. The first kappa shape index (κ1) is 15.3. The van der Waals surface area contributed by atoms with Crippen LogP contribution in [0.3, 0.4) is 0 Å². The summed E-state index contributed by atoms with van der Waals surface area (Å²) in [5.74, 6) is 0. The van der Waals surface area contributed by atoms with Crippen LogP contribution in [-0.4, -0.2) is 41.2 Å². The third-order valence-corrected chi connectivity index (χ3v) is 2.75. The quantitative estimate of drug-likeness (QED) is 0.578. The minimum atomic E-state index is -0.378. The first-order valence-corrected chi connectivity index (χ1v) is 6.42. The van der Waals surface area contributed by atoms with Crippen molar-refractivity contribution in [3.63, 3.8) is 0 Å². The SMILES string of the molecule is CCCN(CC=Cc1ccccc1[N+](=O)[O-])CCO. The summed E-state index contributed by atoms with van der Waals surface area (Å²) in [6.07, 6.45) is 4.67. The maximum atomic E-state index is 10.9. The fraction of sp³-hybridized carbons (Fsp3) is 0.429. The van der Waals surface area contributed by atoms with Gasteiger partial charge in [-0.2, -0.15) is 0 Å². The van der Waals surface area contributed by atoms with Crippen LogP contribution in [0.2, 0.25) is 0 Å². The molecule has 0 spiro atoms. The lowest BCUT2D eigenvalue weighted by Gasteiger charge is -2.18. The van der Waals surface area contributed by atoms with Gasteiger partial charge >= 0.3 is 0 Å². The van der Waals surface area contributed by atoms with Crippen LogP contribution in [0.25, 0.3) is 6.08 Å². The lowest BCUT2D eigenvalue weighted by molar-refractivity contribution is -0.385. The average molecular weight is 264 g/mol. The summed E-state index contributed by atoms with van der Waals surface area (Å²) >= 11 is 0. The number of rotatable bonds is 8. The Morgan fingerprint density at radius 2 is 2.11 bits per heavy atom. The highest BCUT2D eigenvalue weighted by Crippen LogP contribution is 2.18. The van der Waals surface area contributed by atoms with Crippen molar-refractivity contribution in [1.82, 2.24) is 4.90 Å². The molecule has 104 valence electrons. The predicted molar refractivity (Wildman–Crippen MR) is 75.9 cm³/mol. The molecular formula is C14H20N2O3. The van der Waals surface area contributed by atoms with Gasteiger partial charge in [0.05, 0.1) is 17.1 Å². The molecule has 5 nitrogen and oxygen atoms in total. The Balaban J connectivity index is 2.68. The average Bonchev–Trinajstić information content (AvgIpc) is 2.39. The second-order valence-electron chi connectivity index (χ2n) is 4.24. The number of nitro groups is 1. The van der Waals surface area contributed by atoms with Crippen molar-refractivity contribution in [1.29, 1.82) is 0 Å². The van der Waals surface area contributed by atoms with E-state index >= 15 is 0 Å². The van der Waals surface area contributed by atoms with Gasteiger partial charge in [0, 0.05) is 19.2 Å². The molecule has 5 heteroatoms. The Kier molecular flexibility index (Phi) is 6.78. The summed E-state index contributed by atoms with van der Waals surface area (Å²) in [7, 11) is 0. The summed E-state index contributed by atoms with van der Waals surface area (Å²) in [6.45, 7) is 4.41. The Hall–Kier alpha value is -1.72. The van der Waals surface area contributed by atoms with Crippen LogP contribution in [0.1, 0.15) is 18.9 Å². The number of aliphatic hydroxyl groups is 1. The molecule has 0 aliphatic heterocycles. The zero-order valence-corrected chi connectivity index (χ0v) is 11.2. The zero-order chi connectivity index (χ0) is 14.1. The van der Waals surface area contributed by atoms with E-state index in [2.05, 4.69) is 11.8 Å². The smallest absolute Gasteiger partial charge is 0.276 e. The van der Waals surface area contributed by atoms with Crippen molar-refractivity contribution in [2.45, 2.75) is 13.3 Å². The van der Waals surface area contributed by atoms with Gasteiger partial charge in [-0.3, -0.25) is 15.0 Å². The minimum Gasteiger partial charge on any atom is -0.395 e. The van der Waals surface area contributed by atoms with Crippen molar-refractivity contribution in [3.8, 4) is 0 Å². The van der Waals surface area contributed by atoms with Gasteiger partial charge in [-0.25, -0.2) is 0 Å². The highest BCUT2D eigenvalue weighted by molar-refractivity contribution is 5.60. The van der Waals surface area contributed by atoms with E-state index in [0.717, 1.165) is 13.0 Å². The van der Waals surface area contributed by atoms with Crippen LogP contribution in [-0.2, 0) is 0 Å². The molecule has 0 heterocycles. The molecule has 0 aliphatic carbocycles. The van der Waals surface area contributed by atoms with Gasteiger partial charge in [0.1, 0.15) is 0 Å². The fourth-order valence-corrected chi connectivity index (χ4v) is 1.88. The molecule has 0 aromatic heterocycles. The van der Waals surface area contributed by atoms with Gasteiger partial charge in [0.15, 0.2) is 0 Å². The molecule has 1 aromatic carbocycles. The molecule has 19 heavy (non-hydrogen) atoms. The van der Waals surface area contributed by atoms with Crippen molar-refractivity contribution < 1.29 is 10.0 Å². The van der Waals surface area contributed by atoms with E-state index in [1.54, 1.807) is 24.3 Å². The predicted octanol–water partition coefficient (Wildman–Crippen LogP) is 2.31. The van der Waals surface area contributed by atoms with Crippen molar-refractivity contribution in [3.05, 3.63) is 46.0 Å². The van der Waals surface area contributed by atoms with Crippen LogP contribution in [0, 0.1) is 10.1 Å². The monoisotopic (exact) mass is 264 g/mol. The maximum absolute atomic E-state index is 10.9. The third-order valence-electron chi connectivity index (χ3n) is 2.75. The molecule has 0 aliphatic rings. The van der Waals surface area contributed by atoms with Crippen LogP contribution >= 0.6 is 0 Å². The molecule has 0 fully saturated rings. The number of nitro benzene ring substituents is 1. The van der Waals surface area contributed by atoms with Crippen molar-refractivity contribution in [2.75, 3.05) is 26.2 Å². The first-order chi connectivity index (χ1) is 9.19. The fourth-order valence-electron chi connectivity index (χ4n) is 1.88. The molecular weight excluding hydrogens is 244 g/mol. The zero-order valence-electron chi connectivity index (χ0n) is 11.2. The maximum Gasteiger partial charge on any atom is 0.276 e. The molecule has 0 saturated heterocycles. The molecule has 0 bridgehead atoms. The Bertz CT molecular complexity index is 426. The number of aliphatic hydroxyl groups excluding tert-OH is 1. The molecule has 0 saturated carbocycles. The van der Waals surface area contributed by atoms with E-state index < -0.39 is 0 Å². The standard InChI is InChI=1S/C14H20N2O3/c1-2-9-15(11-12-17)10-5-7-13-6-3-4-8-14(13)16(18)19/h3-8,17H,2,9-12H2,1H3. The number of nitrogens with zero attached hydrogens (tertiary/aromatic N) is 2. The normalized spacial score (nSPS) is 11.3. The lowest BCUT2D eigenvalue weighted by atomic mass is 10.1. The first-order valence-electron chi connectivity index (χ1n) is 6.42. The number of para-hydroxylation sites is 1. The van der Waals surface area contributed by atoms with Crippen molar-refractivity contribution >= 4 is 11.8 Å². The number of hydrogen-bond donors (Lipinski definition) is 1. The summed E-state index contributed by atoms with van der Waals surface area (Å²) < 4.78 is 0. The molecule has 0 radical (unpaired) electrons. The van der Waals surface area contributed by atoms with E-state index in [9.17, 15) is 10.1 Å². The van der Waals surface area contributed by atoms with E-state index in [-0.39, 0.29) is 17.2 Å². The van der Waals surface area contributed by atoms with E-state index in [1.807, 2.05) is 6.08 Å². The summed E-state index contributed by atoms with van der Waals surface area (Å²) in [4.78, 5) is 12.6. The topological polar surface area (TPSA) is 66.6 Å². The highest BCUT2D eigenvalue weighted by atomic mass is 16.6. The summed E-state index contributed by atoms with van der Waals surface area (Å²) in [5, 5.41) is 19.8. The minimum absolute atomic E-state index is 0.114. The molecule has 1 aromatic rings. The Morgan fingerprint density at radius 1 is 1.37 bits per heavy atom. The van der Waals surface area contributed by atoms with E-state index in [0.29, 0.717) is 18.7 Å². The van der Waals surface area contributed by atoms with Gasteiger partial charge in [-0.15, -0.1) is 0 Å². The second kappa shape index (κ2) is 8.39. The number of benzene rings is 1. The van der Waals surface area contributed by atoms with Gasteiger partial charge in [-0.1, -0.05) is 31.2 Å². The Morgan fingerprint density at radius 3 is 2.74 bits per heavy atom.